The SMILES string of the molecule is Cc1cc(C(C)(C)C)cc(C)c1S(=O)(=O)N[C@@H](C)CN. The molecule has 0 spiro atoms. The summed E-state index contributed by atoms with van der Waals surface area (Å²) in [4.78, 5) is 0.366. The minimum absolute atomic E-state index is 0.00418. The molecule has 0 saturated carbocycles. The van der Waals surface area contributed by atoms with E-state index in [1.165, 1.54) is 0 Å². The summed E-state index contributed by atoms with van der Waals surface area (Å²) >= 11 is 0. The highest BCUT2D eigenvalue weighted by Gasteiger charge is 2.24. The molecule has 114 valence electrons. The van der Waals surface area contributed by atoms with Crippen molar-refractivity contribution in [3.05, 3.63) is 28.8 Å². The average molecular weight is 298 g/mol. The van der Waals surface area contributed by atoms with E-state index in [1.807, 2.05) is 26.0 Å². The van der Waals surface area contributed by atoms with Crippen LogP contribution in [0.5, 0.6) is 0 Å². The van der Waals surface area contributed by atoms with E-state index >= 15 is 0 Å². The Kier molecular flexibility index (Phi) is 5.00. The zero-order valence-corrected chi connectivity index (χ0v) is 14.1. The van der Waals surface area contributed by atoms with Crippen LogP contribution >= 0.6 is 0 Å². The van der Waals surface area contributed by atoms with Gasteiger partial charge in [0.05, 0.1) is 4.90 Å². The molecule has 0 aliphatic carbocycles. The quantitative estimate of drug-likeness (QED) is 0.895. The zero-order valence-electron chi connectivity index (χ0n) is 13.2. The van der Waals surface area contributed by atoms with Gasteiger partial charge in [-0.25, -0.2) is 13.1 Å². The van der Waals surface area contributed by atoms with Crippen LogP contribution in [0.2, 0.25) is 0 Å². The summed E-state index contributed by atoms with van der Waals surface area (Å²) in [5.41, 5.74) is 8.16. The predicted octanol–water partition coefficient (Wildman–Crippen LogP) is 2.23. The highest BCUT2D eigenvalue weighted by atomic mass is 32.2. The molecule has 0 amide bonds. The Morgan fingerprint density at radius 1 is 1.20 bits per heavy atom. The van der Waals surface area contributed by atoms with Crippen LogP contribution in [0.3, 0.4) is 0 Å². The fourth-order valence-corrected chi connectivity index (χ4v) is 3.89. The first-order valence-electron chi connectivity index (χ1n) is 6.83. The lowest BCUT2D eigenvalue weighted by Gasteiger charge is -2.23. The summed E-state index contributed by atoms with van der Waals surface area (Å²) in [6.07, 6.45) is 0. The molecule has 0 heterocycles. The van der Waals surface area contributed by atoms with E-state index in [9.17, 15) is 8.42 Å². The Balaban J connectivity index is 3.34. The van der Waals surface area contributed by atoms with Crippen molar-refractivity contribution in [2.75, 3.05) is 6.54 Å². The number of benzene rings is 1. The van der Waals surface area contributed by atoms with Gasteiger partial charge < -0.3 is 5.73 Å². The molecule has 1 aromatic carbocycles. The van der Waals surface area contributed by atoms with Gasteiger partial charge in [0.25, 0.3) is 0 Å². The molecule has 0 aliphatic rings. The molecule has 0 bridgehead atoms. The molecule has 0 unspecified atom stereocenters. The number of aryl methyl sites for hydroxylation is 2. The number of sulfonamides is 1. The van der Waals surface area contributed by atoms with Crippen LogP contribution < -0.4 is 10.5 Å². The fourth-order valence-electron chi connectivity index (χ4n) is 2.18. The lowest BCUT2D eigenvalue weighted by atomic mass is 9.85. The number of rotatable bonds is 4. The standard InChI is InChI=1S/C15H26N2O2S/c1-10-7-13(15(4,5)6)8-11(2)14(10)20(18,19)17-12(3)9-16/h7-8,12,17H,9,16H2,1-6H3/t12-/m0/s1. The van der Waals surface area contributed by atoms with E-state index in [0.29, 0.717) is 4.90 Å². The molecule has 20 heavy (non-hydrogen) atoms. The van der Waals surface area contributed by atoms with Crippen LogP contribution in [-0.2, 0) is 15.4 Å². The summed E-state index contributed by atoms with van der Waals surface area (Å²) < 4.78 is 27.5. The van der Waals surface area contributed by atoms with E-state index in [4.69, 9.17) is 5.73 Å². The highest BCUT2D eigenvalue weighted by molar-refractivity contribution is 7.89. The lowest BCUT2D eigenvalue weighted by Crippen LogP contribution is -2.38. The molecule has 0 saturated heterocycles. The second-order valence-corrected chi connectivity index (χ2v) is 8.10. The van der Waals surface area contributed by atoms with Gasteiger partial charge in [-0.3, -0.25) is 0 Å². The van der Waals surface area contributed by atoms with E-state index in [0.717, 1.165) is 16.7 Å². The monoisotopic (exact) mass is 298 g/mol. The van der Waals surface area contributed by atoms with Crippen LogP contribution in [0, 0.1) is 13.8 Å². The second-order valence-electron chi connectivity index (χ2n) is 6.45. The maximum absolute atomic E-state index is 12.4. The van der Waals surface area contributed by atoms with Gasteiger partial charge in [-0.05, 0) is 42.9 Å². The molecule has 5 heteroatoms. The first-order chi connectivity index (χ1) is 8.99. The van der Waals surface area contributed by atoms with Gasteiger partial charge in [-0.1, -0.05) is 32.9 Å². The Hall–Kier alpha value is -0.910. The Morgan fingerprint density at radius 3 is 2.00 bits per heavy atom. The molecule has 4 nitrogen and oxygen atoms in total. The Morgan fingerprint density at radius 2 is 1.65 bits per heavy atom. The van der Waals surface area contributed by atoms with Gasteiger partial charge >= 0.3 is 0 Å². The van der Waals surface area contributed by atoms with Crippen molar-refractivity contribution in [2.45, 2.75) is 57.9 Å². The van der Waals surface area contributed by atoms with Crippen LogP contribution in [0.1, 0.15) is 44.4 Å². The van der Waals surface area contributed by atoms with E-state index in [1.54, 1.807) is 6.92 Å². The third-order valence-electron chi connectivity index (χ3n) is 3.30. The maximum Gasteiger partial charge on any atom is 0.241 e. The van der Waals surface area contributed by atoms with Gasteiger partial charge in [-0.15, -0.1) is 0 Å². The molecule has 1 atom stereocenters. The molecule has 1 rings (SSSR count). The van der Waals surface area contributed by atoms with Crippen molar-refractivity contribution < 1.29 is 8.42 Å². The topological polar surface area (TPSA) is 72.2 Å². The van der Waals surface area contributed by atoms with Gasteiger partial charge in [0.2, 0.25) is 10.0 Å². The lowest BCUT2D eigenvalue weighted by molar-refractivity contribution is 0.560. The minimum Gasteiger partial charge on any atom is -0.329 e. The van der Waals surface area contributed by atoms with Crippen molar-refractivity contribution in [3.8, 4) is 0 Å². The van der Waals surface area contributed by atoms with Gasteiger partial charge in [-0.2, -0.15) is 0 Å². The first kappa shape index (κ1) is 17.1. The summed E-state index contributed by atoms with van der Waals surface area (Å²) in [6, 6.07) is 3.63. The van der Waals surface area contributed by atoms with Crippen LogP contribution in [-0.4, -0.2) is 21.0 Å². The average Bonchev–Trinajstić information content (AvgIpc) is 2.25. The number of hydrogen-bond donors (Lipinski definition) is 2. The summed E-state index contributed by atoms with van der Waals surface area (Å²) in [5.74, 6) is 0. The van der Waals surface area contributed by atoms with Crippen LogP contribution in [0.25, 0.3) is 0 Å². The van der Waals surface area contributed by atoms with Gasteiger partial charge in [0.1, 0.15) is 0 Å². The Bertz CT molecular complexity index is 563. The van der Waals surface area contributed by atoms with Crippen molar-refractivity contribution in [1.29, 1.82) is 0 Å². The normalized spacial score (nSPS) is 14.3. The molecule has 3 N–H and O–H groups in total. The molecular weight excluding hydrogens is 272 g/mol. The van der Waals surface area contributed by atoms with Crippen molar-refractivity contribution in [3.63, 3.8) is 0 Å². The molecule has 0 fully saturated rings. The third kappa shape index (κ3) is 3.81. The van der Waals surface area contributed by atoms with Gasteiger partial charge in [0.15, 0.2) is 0 Å². The maximum atomic E-state index is 12.4. The smallest absolute Gasteiger partial charge is 0.241 e. The van der Waals surface area contributed by atoms with Crippen LogP contribution in [0.4, 0.5) is 0 Å². The molecule has 0 aromatic heterocycles. The summed E-state index contributed by atoms with van der Waals surface area (Å²) in [6.45, 7) is 12.1. The molecule has 0 aliphatic heterocycles. The first-order valence-corrected chi connectivity index (χ1v) is 8.31. The van der Waals surface area contributed by atoms with E-state index < -0.39 is 10.0 Å². The minimum atomic E-state index is -3.53. The highest BCUT2D eigenvalue weighted by Crippen LogP contribution is 2.29. The van der Waals surface area contributed by atoms with E-state index in [2.05, 4.69) is 25.5 Å². The largest absolute Gasteiger partial charge is 0.329 e. The van der Waals surface area contributed by atoms with E-state index in [-0.39, 0.29) is 18.0 Å². The zero-order chi connectivity index (χ0) is 15.7. The molecule has 1 aromatic rings. The summed E-state index contributed by atoms with van der Waals surface area (Å²) in [7, 11) is -3.53. The fraction of sp³-hybridized carbons (Fsp3) is 0.600. The third-order valence-corrected chi connectivity index (χ3v) is 5.20. The number of hydrogen-bond acceptors (Lipinski definition) is 3. The van der Waals surface area contributed by atoms with Crippen molar-refractivity contribution in [2.24, 2.45) is 5.73 Å². The molecule has 0 radical (unpaired) electrons. The second kappa shape index (κ2) is 5.84. The van der Waals surface area contributed by atoms with Gasteiger partial charge in [0, 0.05) is 12.6 Å². The number of nitrogens with one attached hydrogen (secondary N) is 1. The Labute approximate surface area is 122 Å². The van der Waals surface area contributed by atoms with Crippen molar-refractivity contribution >= 4 is 10.0 Å². The summed E-state index contributed by atoms with van der Waals surface area (Å²) in [5, 5.41) is 0. The van der Waals surface area contributed by atoms with Crippen LogP contribution in [0.15, 0.2) is 17.0 Å². The number of nitrogens with two attached hydrogens (primary N) is 1. The van der Waals surface area contributed by atoms with Crippen molar-refractivity contribution in [1.82, 2.24) is 4.72 Å². The predicted molar refractivity (Wildman–Crippen MR) is 83.5 cm³/mol. The molecular formula is C15H26N2O2S.